The van der Waals surface area contributed by atoms with E-state index in [0.717, 1.165) is 0 Å². The largest absolute Gasteiger partial charge is 0.394 e. The molecule has 2 atom stereocenters. The number of carbonyl (C=O) groups is 1. The lowest BCUT2D eigenvalue weighted by Crippen LogP contribution is -2.44. The molecular weight excluding hydrogens is 417 g/mol. The fourth-order valence-electron chi connectivity index (χ4n) is 2.80. The maximum Gasteiger partial charge on any atom is 0.246 e. The van der Waals surface area contributed by atoms with Crippen LogP contribution in [0.4, 0.5) is 11.8 Å². The quantitative estimate of drug-likeness (QED) is 0.406. The molecule has 1 aliphatic carbocycles. The molecule has 29 heavy (non-hydrogen) atoms. The molecule has 0 aliphatic heterocycles. The molecule has 0 saturated heterocycles. The number of hydrogen-bond donors (Lipinski definition) is 5. The van der Waals surface area contributed by atoms with Crippen LogP contribution in [0.5, 0.6) is 0 Å². The van der Waals surface area contributed by atoms with Crippen LogP contribution < -0.4 is 16.0 Å². The number of aliphatic hydroxyl groups is 2. The number of amides is 1. The summed E-state index contributed by atoms with van der Waals surface area (Å²) in [6, 6.07) is 6.18. The van der Waals surface area contributed by atoms with Gasteiger partial charge in [0.1, 0.15) is 10.6 Å². The summed E-state index contributed by atoms with van der Waals surface area (Å²) in [5.41, 5.74) is -0.141. The second-order valence-corrected chi connectivity index (χ2v) is 7.93. The van der Waals surface area contributed by atoms with Crippen LogP contribution in [0.2, 0.25) is 10.0 Å². The number of anilines is 2. The van der Waals surface area contributed by atoms with Crippen LogP contribution in [0.25, 0.3) is 0 Å². The van der Waals surface area contributed by atoms with E-state index in [1.54, 1.807) is 31.2 Å². The van der Waals surface area contributed by atoms with Gasteiger partial charge in [0.25, 0.3) is 0 Å². The summed E-state index contributed by atoms with van der Waals surface area (Å²) >= 11 is 12.2. The van der Waals surface area contributed by atoms with Gasteiger partial charge in [-0.05, 0) is 37.5 Å². The SMILES string of the molecule is CC(CO)Nc1ncc(Cl)c(NC2(C(=O)NC(CO)c3cccc(Cl)c3)CC2)n1. The fourth-order valence-corrected chi connectivity index (χ4v) is 3.14. The first kappa shape index (κ1) is 21.6. The van der Waals surface area contributed by atoms with Gasteiger partial charge in [-0.3, -0.25) is 4.79 Å². The van der Waals surface area contributed by atoms with Crippen LogP contribution in [-0.2, 0) is 4.79 Å². The zero-order valence-corrected chi connectivity index (χ0v) is 17.3. The van der Waals surface area contributed by atoms with Crippen LogP contribution in [0.15, 0.2) is 30.5 Å². The van der Waals surface area contributed by atoms with Gasteiger partial charge >= 0.3 is 0 Å². The Morgan fingerprint density at radius 2 is 2.03 bits per heavy atom. The van der Waals surface area contributed by atoms with Crippen LogP contribution in [0.1, 0.15) is 31.4 Å². The van der Waals surface area contributed by atoms with Crippen molar-refractivity contribution >= 4 is 40.9 Å². The Kier molecular flexibility index (Phi) is 6.79. The Balaban J connectivity index is 1.72. The number of hydrogen-bond acceptors (Lipinski definition) is 7. The highest BCUT2D eigenvalue weighted by Gasteiger charge is 2.51. The number of halogens is 2. The van der Waals surface area contributed by atoms with E-state index in [-0.39, 0.29) is 30.2 Å². The lowest BCUT2D eigenvalue weighted by atomic mass is 10.1. The Labute approximate surface area is 178 Å². The summed E-state index contributed by atoms with van der Waals surface area (Å²) in [6.45, 7) is 1.45. The van der Waals surface area contributed by atoms with E-state index in [9.17, 15) is 9.90 Å². The van der Waals surface area contributed by atoms with Gasteiger partial charge in [0, 0.05) is 11.1 Å². The van der Waals surface area contributed by atoms with E-state index in [1.165, 1.54) is 6.20 Å². The summed E-state index contributed by atoms with van der Waals surface area (Å²) < 4.78 is 0. The third kappa shape index (κ3) is 5.27. The first-order chi connectivity index (χ1) is 13.9. The fraction of sp³-hybridized carbons (Fsp3) is 0.421. The van der Waals surface area contributed by atoms with Gasteiger partial charge in [-0.25, -0.2) is 4.98 Å². The number of aliphatic hydroxyl groups excluding tert-OH is 2. The third-order valence-electron chi connectivity index (χ3n) is 4.67. The Hall–Kier alpha value is -2.13. The molecule has 10 heteroatoms. The highest BCUT2D eigenvalue weighted by Crippen LogP contribution is 2.40. The number of nitrogens with zero attached hydrogens (tertiary/aromatic N) is 2. The molecule has 1 heterocycles. The number of rotatable bonds is 9. The normalized spacial score (nSPS) is 16.6. The highest BCUT2D eigenvalue weighted by atomic mass is 35.5. The summed E-state index contributed by atoms with van der Waals surface area (Å²) in [7, 11) is 0. The van der Waals surface area contributed by atoms with E-state index in [2.05, 4.69) is 25.9 Å². The molecule has 0 spiro atoms. The van der Waals surface area contributed by atoms with Crippen molar-refractivity contribution in [2.24, 2.45) is 0 Å². The molecule has 156 valence electrons. The van der Waals surface area contributed by atoms with Crippen molar-refractivity contribution in [3.63, 3.8) is 0 Å². The summed E-state index contributed by atoms with van der Waals surface area (Å²) in [4.78, 5) is 21.3. The molecule has 1 aromatic heterocycles. The van der Waals surface area contributed by atoms with Crippen LogP contribution in [0, 0.1) is 0 Å². The average molecular weight is 440 g/mol. The standard InChI is InChI=1S/C19H23Cl2N5O3/c1-11(9-27)23-18-22-8-14(21)16(25-18)26-19(5-6-19)17(29)24-15(10-28)12-3-2-4-13(20)7-12/h2-4,7-8,11,15,27-28H,5-6,9-10H2,1H3,(H,24,29)(H2,22,23,25,26). The summed E-state index contributed by atoms with van der Waals surface area (Å²) in [5.74, 6) is 0.358. The predicted octanol–water partition coefficient (Wildman–Crippen LogP) is 2.37. The van der Waals surface area contributed by atoms with Gasteiger partial charge in [0.05, 0.1) is 25.5 Å². The van der Waals surface area contributed by atoms with Gasteiger partial charge in [-0.2, -0.15) is 4.98 Å². The van der Waals surface area contributed by atoms with Crippen molar-refractivity contribution in [3.8, 4) is 0 Å². The lowest BCUT2D eigenvalue weighted by Gasteiger charge is -2.23. The molecule has 1 amide bonds. The second-order valence-electron chi connectivity index (χ2n) is 7.09. The Morgan fingerprint density at radius 1 is 1.28 bits per heavy atom. The number of carbonyl (C=O) groups excluding carboxylic acids is 1. The molecule has 1 saturated carbocycles. The van der Waals surface area contributed by atoms with Crippen molar-refractivity contribution in [2.75, 3.05) is 23.8 Å². The minimum absolute atomic E-state index is 0.0762. The Morgan fingerprint density at radius 3 is 2.66 bits per heavy atom. The maximum absolute atomic E-state index is 12.9. The van der Waals surface area contributed by atoms with Gasteiger partial charge in [0.2, 0.25) is 11.9 Å². The first-order valence-electron chi connectivity index (χ1n) is 9.22. The van der Waals surface area contributed by atoms with Crippen LogP contribution in [-0.4, -0.2) is 50.9 Å². The minimum Gasteiger partial charge on any atom is -0.394 e. The molecule has 1 aromatic carbocycles. The third-order valence-corrected chi connectivity index (χ3v) is 5.19. The molecule has 3 rings (SSSR count). The van der Waals surface area contributed by atoms with E-state index in [0.29, 0.717) is 35.2 Å². The zero-order valence-electron chi connectivity index (χ0n) is 15.8. The first-order valence-corrected chi connectivity index (χ1v) is 9.98. The van der Waals surface area contributed by atoms with Crippen molar-refractivity contribution in [1.82, 2.24) is 15.3 Å². The minimum atomic E-state index is -0.857. The van der Waals surface area contributed by atoms with Crippen LogP contribution in [0.3, 0.4) is 0 Å². The van der Waals surface area contributed by atoms with Gasteiger partial charge < -0.3 is 26.2 Å². The van der Waals surface area contributed by atoms with E-state index in [4.69, 9.17) is 28.3 Å². The van der Waals surface area contributed by atoms with Gasteiger partial charge in [-0.15, -0.1) is 0 Å². The lowest BCUT2D eigenvalue weighted by molar-refractivity contribution is -0.123. The average Bonchev–Trinajstić information content (AvgIpc) is 3.49. The molecule has 2 unspecified atom stereocenters. The Bertz CT molecular complexity index is 879. The van der Waals surface area contributed by atoms with Crippen molar-refractivity contribution in [1.29, 1.82) is 0 Å². The second kappa shape index (κ2) is 9.13. The highest BCUT2D eigenvalue weighted by molar-refractivity contribution is 6.33. The van der Waals surface area contributed by atoms with Crippen molar-refractivity contribution < 1.29 is 15.0 Å². The van der Waals surface area contributed by atoms with Crippen molar-refractivity contribution in [3.05, 3.63) is 46.1 Å². The van der Waals surface area contributed by atoms with E-state index in [1.807, 2.05) is 0 Å². The van der Waals surface area contributed by atoms with Gasteiger partial charge in [0.15, 0.2) is 5.82 Å². The zero-order chi connectivity index (χ0) is 21.0. The molecule has 0 bridgehead atoms. The smallest absolute Gasteiger partial charge is 0.246 e. The number of benzene rings is 1. The molecule has 2 aromatic rings. The van der Waals surface area contributed by atoms with E-state index < -0.39 is 11.6 Å². The number of aromatic nitrogens is 2. The summed E-state index contributed by atoms with van der Waals surface area (Å²) in [6.07, 6.45) is 2.63. The number of nitrogens with one attached hydrogen (secondary N) is 3. The van der Waals surface area contributed by atoms with Crippen molar-refractivity contribution in [2.45, 2.75) is 37.4 Å². The predicted molar refractivity (Wildman–Crippen MR) is 112 cm³/mol. The molecule has 1 aliphatic rings. The maximum atomic E-state index is 12.9. The monoisotopic (exact) mass is 439 g/mol. The van der Waals surface area contributed by atoms with Gasteiger partial charge in [-0.1, -0.05) is 35.3 Å². The van der Waals surface area contributed by atoms with E-state index >= 15 is 0 Å². The molecule has 8 nitrogen and oxygen atoms in total. The molecule has 5 N–H and O–H groups in total. The van der Waals surface area contributed by atoms with Crippen LogP contribution >= 0.6 is 23.2 Å². The topological polar surface area (TPSA) is 119 Å². The summed E-state index contributed by atoms with van der Waals surface area (Å²) in [5, 5.41) is 28.6. The molecule has 0 radical (unpaired) electrons. The molecule has 1 fully saturated rings. The molecular formula is C19H23Cl2N5O3.